The maximum absolute atomic E-state index is 13.4. The van der Waals surface area contributed by atoms with Crippen LogP contribution in [0.5, 0.6) is 0 Å². The van der Waals surface area contributed by atoms with Gasteiger partial charge in [-0.3, -0.25) is 15.0 Å². The Morgan fingerprint density at radius 1 is 1.25 bits per heavy atom. The predicted octanol–water partition coefficient (Wildman–Crippen LogP) is 0.746. The largest absolute Gasteiger partial charge is 0.379 e. The number of carbonyl (C=O) groups excluding carboxylic acids is 1. The fraction of sp³-hybridized carbons (Fsp3) is 0.739. The number of amides is 1. The highest BCUT2D eigenvalue weighted by atomic mass is 16.5. The number of morpholine rings is 1. The summed E-state index contributed by atoms with van der Waals surface area (Å²) in [4.78, 5) is 22.7. The summed E-state index contributed by atoms with van der Waals surface area (Å²) in [5.41, 5.74) is 1.05. The Morgan fingerprint density at radius 3 is 2.62 bits per heavy atom. The van der Waals surface area contributed by atoms with E-state index in [1.165, 1.54) is 0 Å². The number of carbonyl (C=O) groups is 1. The monoisotopic (exact) mass is 448 g/mol. The molecule has 0 saturated carbocycles. The number of imidazole rings is 1. The average molecular weight is 449 g/mol. The van der Waals surface area contributed by atoms with Crippen molar-refractivity contribution in [3.8, 4) is 0 Å². The predicted molar refractivity (Wildman–Crippen MR) is 125 cm³/mol. The normalized spacial score (nSPS) is 20.7. The molecule has 0 bridgehead atoms. The van der Waals surface area contributed by atoms with Gasteiger partial charge in [0.05, 0.1) is 24.9 Å². The zero-order valence-electron chi connectivity index (χ0n) is 20.2. The van der Waals surface area contributed by atoms with Crippen LogP contribution in [-0.4, -0.2) is 96.1 Å². The average Bonchev–Trinajstić information content (AvgIpc) is 2.96. The molecular formula is C23H40N6O3. The molecule has 3 N–H and O–H groups in total. The summed E-state index contributed by atoms with van der Waals surface area (Å²) >= 11 is 0. The van der Waals surface area contributed by atoms with Crippen LogP contribution in [0.25, 0.3) is 6.08 Å². The minimum absolute atomic E-state index is 0.244. The van der Waals surface area contributed by atoms with Gasteiger partial charge in [-0.15, -0.1) is 0 Å². The zero-order valence-corrected chi connectivity index (χ0v) is 20.2. The first-order chi connectivity index (χ1) is 15.2. The van der Waals surface area contributed by atoms with Gasteiger partial charge < -0.3 is 24.6 Å². The molecule has 0 radical (unpaired) electrons. The maximum Gasteiger partial charge on any atom is 0.272 e. The Hall–Kier alpha value is -1.78. The Bertz CT molecular complexity index is 794. The van der Waals surface area contributed by atoms with Crippen molar-refractivity contribution in [3.63, 3.8) is 0 Å². The zero-order chi connectivity index (χ0) is 23.3. The molecule has 0 aliphatic carbocycles. The first-order valence-electron chi connectivity index (χ1n) is 11.6. The van der Waals surface area contributed by atoms with Crippen LogP contribution in [0.1, 0.15) is 49.2 Å². The third-order valence-electron chi connectivity index (χ3n) is 6.22. The van der Waals surface area contributed by atoms with Gasteiger partial charge in [0.25, 0.3) is 5.91 Å². The Kier molecular flexibility index (Phi) is 8.46. The minimum atomic E-state index is -0.851. The molecule has 1 aromatic heterocycles. The lowest BCUT2D eigenvalue weighted by molar-refractivity contribution is 0.0435. The Balaban J connectivity index is 1.85. The molecule has 9 heteroatoms. The molecule has 9 nitrogen and oxygen atoms in total. The number of ether oxygens (including phenoxy) is 1. The molecule has 2 aliphatic heterocycles. The molecule has 1 aromatic rings. The SMILES string of the molecule is CNC(O)[C@@H](NC(=O)c1nc(/C=C/CN2CCOCC2)n2c1CN(C)CCC2)C(C)(C)C. The van der Waals surface area contributed by atoms with Crippen LogP contribution < -0.4 is 10.6 Å². The lowest BCUT2D eigenvalue weighted by atomic mass is 9.85. The molecule has 0 aromatic carbocycles. The van der Waals surface area contributed by atoms with Gasteiger partial charge >= 0.3 is 0 Å². The molecule has 2 atom stereocenters. The third-order valence-corrected chi connectivity index (χ3v) is 6.22. The quantitative estimate of drug-likeness (QED) is 0.530. The highest BCUT2D eigenvalue weighted by Crippen LogP contribution is 2.24. The fourth-order valence-corrected chi connectivity index (χ4v) is 4.29. The second-order valence-corrected chi connectivity index (χ2v) is 9.87. The van der Waals surface area contributed by atoms with E-state index < -0.39 is 12.3 Å². The number of aliphatic hydroxyl groups excluding tert-OH is 1. The van der Waals surface area contributed by atoms with Crippen molar-refractivity contribution >= 4 is 12.0 Å². The highest BCUT2D eigenvalue weighted by Gasteiger charge is 2.34. The van der Waals surface area contributed by atoms with Gasteiger partial charge in [0.1, 0.15) is 12.1 Å². The molecule has 180 valence electrons. The van der Waals surface area contributed by atoms with Gasteiger partial charge in [-0.2, -0.15) is 0 Å². The lowest BCUT2D eigenvalue weighted by Crippen LogP contribution is -2.55. The van der Waals surface area contributed by atoms with E-state index in [9.17, 15) is 9.90 Å². The van der Waals surface area contributed by atoms with Gasteiger partial charge in [0, 0.05) is 32.7 Å². The number of fused-ring (bicyclic) bond motifs is 1. The highest BCUT2D eigenvalue weighted by molar-refractivity contribution is 5.94. The van der Waals surface area contributed by atoms with E-state index in [1.54, 1.807) is 7.05 Å². The first kappa shape index (κ1) is 24.9. The van der Waals surface area contributed by atoms with Crippen LogP contribution in [-0.2, 0) is 17.8 Å². The number of aromatic nitrogens is 2. The van der Waals surface area contributed by atoms with Crippen LogP contribution in [0.2, 0.25) is 0 Å². The second kappa shape index (κ2) is 10.9. The fourth-order valence-electron chi connectivity index (χ4n) is 4.29. The van der Waals surface area contributed by atoms with Crippen molar-refractivity contribution in [1.82, 2.24) is 30.0 Å². The molecule has 3 rings (SSSR count). The summed E-state index contributed by atoms with van der Waals surface area (Å²) in [6, 6.07) is -0.457. The van der Waals surface area contributed by atoms with Crippen molar-refractivity contribution in [1.29, 1.82) is 0 Å². The van der Waals surface area contributed by atoms with E-state index >= 15 is 0 Å². The number of nitrogens with zero attached hydrogens (tertiary/aromatic N) is 4. The van der Waals surface area contributed by atoms with Crippen LogP contribution in [0.4, 0.5) is 0 Å². The van der Waals surface area contributed by atoms with Crippen LogP contribution >= 0.6 is 0 Å². The molecule has 1 unspecified atom stereocenters. The number of likely N-dealkylation sites (N-methyl/N-ethyl adjacent to an activating group) is 1. The van der Waals surface area contributed by atoms with Gasteiger partial charge in [0.15, 0.2) is 5.69 Å². The van der Waals surface area contributed by atoms with E-state index in [2.05, 4.69) is 38.1 Å². The molecule has 1 saturated heterocycles. The molecular weight excluding hydrogens is 408 g/mol. The molecule has 3 heterocycles. The van der Waals surface area contributed by atoms with Crippen molar-refractivity contribution in [3.05, 3.63) is 23.3 Å². The summed E-state index contributed by atoms with van der Waals surface area (Å²) in [7, 11) is 3.76. The summed E-state index contributed by atoms with van der Waals surface area (Å²) < 4.78 is 7.59. The molecule has 1 fully saturated rings. The summed E-state index contributed by atoms with van der Waals surface area (Å²) in [5.74, 6) is 0.571. The third kappa shape index (κ3) is 6.17. The smallest absolute Gasteiger partial charge is 0.272 e. The number of rotatable bonds is 7. The lowest BCUT2D eigenvalue weighted by Gasteiger charge is -2.34. The number of hydrogen-bond acceptors (Lipinski definition) is 7. The van der Waals surface area contributed by atoms with Crippen LogP contribution in [0.15, 0.2) is 6.08 Å². The van der Waals surface area contributed by atoms with Crippen molar-refractivity contribution < 1.29 is 14.6 Å². The van der Waals surface area contributed by atoms with E-state index in [4.69, 9.17) is 9.72 Å². The molecule has 32 heavy (non-hydrogen) atoms. The first-order valence-corrected chi connectivity index (χ1v) is 11.6. The summed E-state index contributed by atoms with van der Waals surface area (Å²) in [6.07, 6.45) is 4.31. The molecule has 0 spiro atoms. The maximum atomic E-state index is 13.4. The van der Waals surface area contributed by atoms with Crippen molar-refractivity contribution in [2.45, 2.75) is 52.6 Å². The number of hydrogen-bond donors (Lipinski definition) is 3. The van der Waals surface area contributed by atoms with Gasteiger partial charge in [-0.05, 0) is 38.6 Å². The molecule has 1 amide bonds. The standard InChI is InChI=1S/C23H40N6O3/c1-23(2,3)20(22(31)24-4)26-21(30)19-17-16-27(5)9-7-11-29(17)18(25-19)8-6-10-28-12-14-32-15-13-28/h6,8,20,22,24,31H,7,9-16H2,1-5H3,(H,26,30)/b8-6+/t20-,22?/m1/s1. The second-order valence-electron chi connectivity index (χ2n) is 9.87. The summed E-state index contributed by atoms with van der Waals surface area (Å²) in [6.45, 7) is 12.7. The van der Waals surface area contributed by atoms with Crippen molar-refractivity contribution in [2.75, 3.05) is 53.5 Å². The summed E-state index contributed by atoms with van der Waals surface area (Å²) in [5, 5.41) is 16.3. The van der Waals surface area contributed by atoms with E-state index in [1.807, 2.05) is 26.8 Å². The Labute approximate surface area is 191 Å². The van der Waals surface area contributed by atoms with Crippen LogP contribution in [0.3, 0.4) is 0 Å². The van der Waals surface area contributed by atoms with E-state index in [0.717, 1.165) is 63.9 Å². The molecule has 2 aliphatic rings. The van der Waals surface area contributed by atoms with Gasteiger partial charge in [-0.1, -0.05) is 26.8 Å². The number of aliphatic hydroxyl groups is 1. The minimum Gasteiger partial charge on any atom is -0.379 e. The van der Waals surface area contributed by atoms with Gasteiger partial charge in [-0.25, -0.2) is 4.98 Å². The van der Waals surface area contributed by atoms with E-state index in [0.29, 0.717) is 12.2 Å². The topological polar surface area (TPSA) is 94.9 Å². The van der Waals surface area contributed by atoms with Crippen LogP contribution in [0, 0.1) is 5.41 Å². The van der Waals surface area contributed by atoms with E-state index in [-0.39, 0.29) is 11.3 Å². The number of nitrogens with one attached hydrogen (secondary N) is 2. The Morgan fingerprint density at radius 2 is 1.97 bits per heavy atom. The van der Waals surface area contributed by atoms with Gasteiger partial charge in [0.2, 0.25) is 0 Å². The van der Waals surface area contributed by atoms with Crippen molar-refractivity contribution in [2.24, 2.45) is 5.41 Å².